The molecule has 3 rings (SSSR count). The molecule has 0 unspecified atom stereocenters. The van der Waals surface area contributed by atoms with Crippen molar-refractivity contribution in [3.8, 4) is 5.75 Å². The standard InChI is InChI=1S/C26H23ClN4O6/c1-26(2,3)25(34)29-20-13-9-16(10-14-20)23(32)30-28-15-18-5-4-6-21(31(35)36)22(18)37-24(33)17-7-11-19(27)12-8-17/h4-15H,1-3H3,(H,29,34)(H,30,32)/b28-15+. The van der Waals surface area contributed by atoms with E-state index in [0.717, 1.165) is 6.21 Å². The second-order valence-electron chi connectivity index (χ2n) is 8.83. The number of nitrogens with zero attached hydrogens (tertiary/aromatic N) is 2. The lowest BCUT2D eigenvalue weighted by Crippen LogP contribution is -2.27. The van der Waals surface area contributed by atoms with Crippen molar-refractivity contribution in [1.82, 2.24) is 5.43 Å². The van der Waals surface area contributed by atoms with Gasteiger partial charge in [-0.2, -0.15) is 5.10 Å². The smallest absolute Gasteiger partial charge is 0.343 e. The summed E-state index contributed by atoms with van der Waals surface area (Å²) < 4.78 is 5.31. The summed E-state index contributed by atoms with van der Waals surface area (Å²) in [5, 5.41) is 18.5. The molecule has 0 aliphatic rings. The first-order valence-corrected chi connectivity index (χ1v) is 11.3. The minimum absolute atomic E-state index is 0.0945. The molecule has 11 heteroatoms. The first kappa shape index (κ1) is 27.0. The van der Waals surface area contributed by atoms with E-state index in [2.05, 4.69) is 15.8 Å². The van der Waals surface area contributed by atoms with E-state index >= 15 is 0 Å². The summed E-state index contributed by atoms with van der Waals surface area (Å²) in [4.78, 5) is 47.9. The molecule has 3 aromatic rings. The molecule has 0 fully saturated rings. The van der Waals surface area contributed by atoms with Crippen LogP contribution in [0.2, 0.25) is 5.02 Å². The second-order valence-corrected chi connectivity index (χ2v) is 9.27. The number of hydrogen-bond donors (Lipinski definition) is 2. The number of carbonyl (C=O) groups excluding carboxylic acids is 3. The summed E-state index contributed by atoms with van der Waals surface area (Å²) in [6.45, 7) is 5.36. The number of nitro groups is 1. The Morgan fingerprint density at radius 2 is 1.59 bits per heavy atom. The number of rotatable bonds is 7. The van der Waals surface area contributed by atoms with Gasteiger partial charge >= 0.3 is 11.7 Å². The minimum atomic E-state index is -0.830. The van der Waals surface area contributed by atoms with Gasteiger partial charge in [0.05, 0.1) is 16.7 Å². The van der Waals surface area contributed by atoms with Gasteiger partial charge in [0.25, 0.3) is 5.91 Å². The van der Waals surface area contributed by atoms with Crippen LogP contribution in [-0.2, 0) is 4.79 Å². The Kier molecular flexibility index (Phi) is 8.36. The van der Waals surface area contributed by atoms with Crippen LogP contribution in [0.25, 0.3) is 0 Å². The largest absolute Gasteiger partial charge is 0.415 e. The molecule has 2 amide bonds. The molecule has 2 N–H and O–H groups in total. The minimum Gasteiger partial charge on any atom is -0.415 e. The molecule has 37 heavy (non-hydrogen) atoms. The summed E-state index contributed by atoms with van der Waals surface area (Å²) in [5.74, 6) is -1.89. The fourth-order valence-electron chi connectivity index (χ4n) is 2.88. The van der Waals surface area contributed by atoms with Crippen molar-refractivity contribution in [2.45, 2.75) is 20.8 Å². The number of benzene rings is 3. The fourth-order valence-corrected chi connectivity index (χ4v) is 3.01. The Balaban J connectivity index is 1.74. The number of carbonyl (C=O) groups is 3. The van der Waals surface area contributed by atoms with Gasteiger partial charge in [0.15, 0.2) is 0 Å². The van der Waals surface area contributed by atoms with Gasteiger partial charge in [-0.15, -0.1) is 0 Å². The number of halogens is 1. The highest BCUT2D eigenvalue weighted by Gasteiger charge is 2.23. The number of ether oxygens (including phenoxy) is 1. The molecule has 0 aromatic heterocycles. The lowest BCUT2D eigenvalue weighted by molar-refractivity contribution is -0.385. The monoisotopic (exact) mass is 522 g/mol. The van der Waals surface area contributed by atoms with Gasteiger partial charge in [0.2, 0.25) is 11.7 Å². The number of hydrazone groups is 1. The van der Waals surface area contributed by atoms with Crippen LogP contribution in [0.1, 0.15) is 47.1 Å². The summed E-state index contributed by atoms with van der Waals surface area (Å²) in [7, 11) is 0. The van der Waals surface area contributed by atoms with Gasteiger partial charge in [0.1, 0.15) is 0 Å². The molecular formula is C26H23ClN4O6. The van der Waals surface area contributed by atoms with Crippen LogP contribution < -0.4 is 15.5 Å². The molecule has 0 heterocycles. The first-order valence-electron chi connectivity index (χ1n) is 11.0. The Hall–Kier alpha value is -4.57. The molecule has 0 bridgehead atoms. The summed E-state index contributed by atoms with van der Waals surface area (Å²) in [6, 6.07) is 16.0. The van der Waals surface area contributed by atoms with Gasteiger partial charge in [-0.25, -0.2) is 10.2 Å². The maximum absolute atomic E-state index is 12.5. The topological polar surface area (TPSA) is 140 Å². The van der Waals surface area contributed by atoms with E-state index in [-0.39, 0.29) is 28.3 Å². The van der Waals surface area contributed by atoms with Gasteiger partial charge < -0.3 is 10.1 Å². The quantitative estimate of drug-likeness (QED) is 0.143. The molecule has 0 spiro atoms. The molecule has 0 aliphatic carbocycles. The Morgan fingerprint density at radius 3 is 2.19 bits per heavy atom. The predicted molar refractivity (Wildman–Crippen MR) is 139 cm³/mol. The van der Waals surface area contributed by atoms with Crippen molar-refractivity contribution in [3.05, 3.63) is 98.6 Å². The van der Waals surface area contributed by atoms with Crippen LogP contribution in [-0.4, -0.2) is 28.9 Å². The first-order chi connectivity index (χ1) is 17.5. The number of esters is 1. The maximum atomic E-state index is 12.5. The van der Waals surface area contributed by atoms with E-state index in [1.807, 2.05) is 0 Å². The highest BCUT2D eigenvalue weighted by Crippen LogP contribution is 2.31. The predicted octanol–water partition coefficient (Wildman–Crippen LogP) is 5.22. The SMILES string of the molecule is CC(C)(C)C(=O)Nc1ccc(C(=O)N/N=C/c2cccc([N+](=O)[O-])c2OC(=O)c2ccc(Cl)cc2)cc1. The molecular weight excluding hydrogens is 500 g/mol. The second kappa shape index (κ2) is 11.4. The van der Waals surface area contributed by atoms with E-state index in [9.17, 15) is 24.5 Å². The third kappa shape index (κ3) is 7.21. The third-order valence-electron chi connectivity index (χ3n) is 4.95. The lowest BCUT2D eigenvalue weighted by atomic mass is 9.95. The van der Waals surface area contributed by atoms with Crippen molar-refractivity contribution < 1.29 is 24.0 Å². The van der Waals surface area contributed by atoms with Crippen molar-refractivity contribution in [2.75, 3.05) is 5.32 Å². The van der Waals surface area contributed by atoms with Crippen molar-refractivity contribution in [3.63, 3.8) is 0 Å². The molecule has 0 radical (unpaired) electrons. The van der Waals surface area contributed by atoms with E-state index in [1.165, 1.54) is 54.6 Å². The Morgan fingerprint density at radius 1 is 0.973 bits per heavy atom. The van der Waals surface area contributed by atoms with Crippen LogP contribution in [0.15, 0.2) is 71.8 Å². The molecule has 0 saturated heterocycles. The average Bonchev–Trinajstić information content (AvgIpc) is 2.84. The number of anilines is 1. The number of nitrogens with one attached hydrogen (secondary N) is 2. The number of nitro benzene ring substituents is 1. The zero-order valence-electron chi connectivity index (χ0n) is 20.2. The number of hydrogen-bond acceptors (Lipinski definition) is 7. The highest BCUT2D eigenvalue weighted by atomic mass is 35.5. The lowest BCUT2D eigenvalue weighted by Gasteiger charge is -2.17. The van der Waals surface area contributed by atoms with Crippen molar-refractivity contribution >= 4 is 47.0 Å². The van der Waals surface area contributed by atoms with Crippen LogP contribution in [0.4, 0.5) is 11.4 Å². The Bertz CT molecular complexity index is 1360. The molecule has 10 nitrogen and oxygen atoms in total. The molecule has 190 valence electrons. The maximum Gasteiger partial charge on any atom is 0.343 e. The fraction of sp³-hybridized carbons (Fsp3) is 0.154. The van der Waals surface area contributed by atoms with Crippen molar-refractivity contribution in [1.29, 1.82) is 0 Å². The molecule has 0 atom stereocenters. The van der Waals surface area contributed by atoms with Gasteiger partial charge in [-0.3, -0.25) is 19.7 Å². The number of para-hydroxylation sites is 1. The van der Waals surface area contributed by atoms with E-state index in [1.54, 1.807) is 32.9 Å². The Labute approximate surface area is 217 Å². The van der Waals surface area contributed by atoms with E-state index < -0.39 is 27.9 Å². The van der Waals surface area contributed by atoms with E-state index in [0.29, 0.717) is 10.7 Å². The molecule has 3 aromatic carbocycles. The van der Waals surface area contributed by atoms with Gasteiger partial charge in [-0.05, 0) is 54.6 Å². The summed E-state index contributed by atoms with van der Waals surface area (Å²) in [5.41, 5.74) is 2.32. The normalized spacial score (nSPS) is 11.1. The van der Waals surface area contributed by atoms with E-state index in [4.69, 9.17) is 16.3 Å². The van der Waals surface area contributed by atoms with Crippen LogP contribution in [0.3, 0.4) is 0 Å². The van der Waals surface area contributed by atoms with Gasteiger partial charge in [0, 0.05) is 33.3 Å². The summed E-state index contributed by atoms with van der Waals surface area (Å²) in [6.07, 6.45) is 1.13. The van der Waals surface area contributed by atoms with Crippen LogP contribution in [0.5, 0.6) is 5.75 Å². The summed E-state index contributed by atoms with van der Waals surface area (Å²) >= 11 is 5.83. The molecule has 0 saturated carbocycles. The number of amides is 2. The van der Waals surface area contributed by atoms with Gasteiger partial charge in [-0.1, -0.05) is 38.4 Å². The van der Waals surface area contributed by atoms with Crippen LogP contribution in [0, 0.1) is 15.5 Å². The van der Waals surface area contributed by atoms with Crippen molar-refractivity contribution in [2.24, 2.45) is 10.5 Å². The van der Waals surface area contributed by atoms with Crippen LogP contribution >= 0.6 is 11.6 Å². The molecule has 0 aliphatic heterocycles. The highest BCUT2D eigenvalue weighted by molar-refractivity contribution is 6.30. The average molecular weight is 523 g/mol. The third-order valence-corrected chi connectivity index (χ3v) is 5.20. The zero-order chi connectivity index (χ0) is 27.2. The zero-order valence-corrected chi connectivity index (χ0v) is 20.9.